The molecule has 0 heterocycles. The fourth-order valence-electron chi connectivity index (χ4n) is 2.01. The first-order valence-electron chi connectivity index (χ1n) is 7.40. The number of anilines is 2. The molecule has 0 aliphatic carbocycles. The highest BCUT2D eigenvalue weighted by atomic mass is 16.5. The van der Waals surface area contributed by atoms with Gasteiger partial charge in [0.25, 0.3) is 0 Å². The number of carbonyl (C=O) groups excluding carboxylic acids is 2. The molecule has 5 nitrogen and oxygen atoms in total. The molecule has 120 valence electrons. The van der Waals surface area contributed by atoms with Crippen molar-refractivity contribution in [2.24, 2.45) is 0 Å². The van der Waals surface area contributed by atoms with Gasteiger partial charge in [0.05, 0.1) is 11.8 Å². The highest BCUT2D eigenvalue weighted by Gasteiger charge is 2.12. The Balaban J connectivity index is 2.20. The fourth-order valence-corrected chi connectivity index (χ4v) is 2.01. The minimum atomic E-state index is -0.398. The van der Waals surface area contributed by atoms with Gasteiger partial charge in [0.1, 0.15) is 5.75 Å². The molecule has 2 aromatic carbocycles. The highest BCUT2D eigenvalue weighted by Crippen LogP contribution is 2.27. The minimum absolute atomic E-state index is 0.0455. The number of benzene rings is 2. The van der Waals surface area contributed by atoms with Crippen LogP contribution in [0.2, 0.25) is 0 Å². The summed E-state index contributed by atoms with van der Waals surface area (Å²) in [6, 6.07) is 13.7. The Morgan fingerprint density at radius 3 is 2.30 bits per heavy atom. The van der Waals surface area contributed by atoms with Gasteiger partial charge >= 0.3 is 6.03 Å². The van der Waals surface area contributed by atoms with Gasteiger partial charge in [0.15, 0.2) is 5.78 Å². The van der Waals surface area contributed by atoms with E-state index in [0.717, 1.165) is 0 Å². The molecular weight excluding hydrogens is 292 g/mol. The second-order valence-electron chi connectivity index (χ2n) is 5.38. The normalized spacial score (nSPS) is 10.3. The zero-order valence-electron chi connectivity index (χ0n) is 13.4. The van der Waals surface area contributed by atoms with E-state index < -0.39 is 6.03 Å². The molecule has 0 fully saturated rings. The van der Waals surface area contributed by atoms with Crippen LogP contribution in [0.25, 0.3) is 0 Å². The van der Waals surface area contributed by atoms with Crippen molar-refractivity contribution in [2.45, 2.75) is 26.9 Å². The number of para-hydroxylation sites is 1. The summed E-state index contributed by atoms with van der Waals surface area (Å²) < 4.78 is 5.68. The van der Waals surface area contributed by atoms with Crippen LogP contribution in [-0.4, -0.2) is 17.9 Å². The van der Waals surface area contributed by atoms with Crippen LogP contribution in [-0.2, 0) is 0 Å². The lowest BCUT2D eigenvalue weighted by Crippen LogP contribution is -2.20. The largest absolute Gasteiger partial charge is 0.489 e. The number of Topliss-reactive ketones (excluding diaryl/α,β-unsaturated/α-hetero) is 1. The van der Waals surface area contributed by atoms with E-state index in [2.05, 4.69) is 10.6 Å². The summed E-state index contributed by atoms with van der Waals surface area (Å²) in [5, 5.41) is 5.46. The average molecular weight is 312 g/mol. The molecule has 2 amide bonds. The van der Waals surface area contributed by atoms with E-state index in [1.165, 1.54) is 6.92 Å². The van der Waals surface area contributed by atoms with Gasteiger partial charge < -0.3 is 15.4 Å². The fraction of sp³-hybridized carbons (Fsp3) is 0.222. The number of amides is 2. The number of hydrogen-bond acceptors (Lipinski definition) is 3. The Bertz CT molecular complexity index is 697. The predicted octanol–water partition coefficient (Wildman–Crippen LogP) is 4.32. The highest BCUT2D eigenvalue weighted by molar-refractivity contribution is 6.02. The van der Waals surface area contributed by atoms with Crippen LogP contribution in [0.15, 0.2) is 48.5 Å². The lowest BCUT2D eigenvalue weighted by atomic mass is 10.1. The van der Waals surface area contributed by atoms with Crippen molar-refractivity contribution in [1.29, 1.82) is 0 Å². The first-order valence-corrected chi connectivity index (χ1v) is 7.40. The molecule has 5 heteroatoms. The molecule has 0 saturated heterocycles. The lowest BCUT2D eigenvalue weighted by molar-refractivity contribution is 0.101. The van der Waals surface area contributed by atoms with Gasteiger partial charge in [-0.25, -0.2) is 4.79 Å². The van der Waals surface area contributed by atoms with Gasteiger partial charge in [0.2, 0.25) is 0 Å². The molecule has 0 saturated carbocycles. The van der Waals surface area contributed by atoms with Crippen LogP contribution < -0.4 is 15.4 Å². The second kappa shape index (κ2) is 7.45. The summed E-state index contributed by atoms with van der Waals surface area (Å²) >= 11 is 0. The smallest absolute Gasteiger partial charge is 0.323 e. The summed E-state index contributed by atoms with van der Waals surface area (Å²) in [5.41, 5.74) is 1.65. The number of rotatable bonds is 5. The van der Waals surface area contributed by atoms with E-state index in [-0.39, 0.29) is 11.9 Å². The molecule has 0 unspecified atom stereocenters. The third kappa shape index (κ3) is 4.85. The number of carbonyl (C=O) groups is 2. The van der Waals surface area contributed by atoms with E-state index in [1.807, 2.05) is 32.0 Å². The first kappa shape index (κ1) is 16.5. The van der Waals surface area contributed by atoms with Crippen LogP contribution in [0, 0.1) is 0 Å². The molecule has 2 aromatic rings. The zero-order valence-corrected chi connectivity index (χ0v) is 13.4. The van der Waals surface area contributed by atoms with Crippen molar-refractivity contribution in [3.8, 4) is 5.75 Å². The number of urea groups is 1. The second-order valence-corrected chi connectivity index (χ2v) is 5.38. The van der Waals surface area contributed by atoms with Crippen molar-refractivity contribution in [1.82, 2.24) is 0 Å². The summed E-state index contributed by atoms with van der Waals surface area (Å²) in [4.78, 5) is 23.7. The van der Waals surface area contributed by atoms with Gasteiger partial charge in [-0.1, -0.05) is 18.2 Å². The molecule has 0 radical (unpaired) electrons. The molecule has 0 aliphatic rings. The van der Waals surface area contributed by atoms with E-state index >= 15 is 0 Å². The number of nitrogens with one attached hydrogen (secondary N) is 2. The molecule has 2 N–H and O–H groups in total. The standard InChI is InChI=1S/C18H20N2O3/c1-12(2)23-17-10-9-14(13(3)21)11-16(17)20-18(22)19-15-7-5-4-6-8-15/h4-12H,1-3H3,(H2,19,20,22). The van der Waals surface area contributed by atoms with Gasteiger partial charge in [-0.15, -0.1) is 0 Å². The monoisotopic (exact) mass is 312 g/mol. The summed E-state index contributed by atoms with van der Waals surface area (Å²) in [5.74, 6) is 0.445. The summed E-state index contributed by atoms with van der Waals surface area (Å²) in [7, 11) is 0. The third-order valence-corrected chi connectivity index (χ3v) is 3.03. The maximum Gasteiger partial charge on any atom is 0.323 e. The third-order valence-electron chi connectivity index (χ3n) is 3.03. The van der Waals surface area contributed by atoms with Crippen molar-refractivity contribution < 1.29 is 14.3 Å². The van der Waals surface area contributed by atoms with Crippen LogP contribution in [0.5, 0.6) is 5.75 Å². The van der Waals surface area contributed by atoms with Gasteiger partial charge in [-0.05, 0) is 51.1 Å². The topological polar surface area (TPSA) is 67.4 Å². The molecular formula is C18H20N2O3. The Morgan fingerprint density at radius 2 is 1.70 bits per heavy atom. The van der Waals surface area contributed by atoms with Gasteiger partial charge in [-0.2, -0.15) is 0 Å². The molecule has 0 bridgehead atoms. The Hall–Kier alpha value is -2.82. The zero-order chi connectivity index (χ0) is 16.8. The minimum Gasteiger partial charge on any atom is -0.489 e. The van der Waals surface area contributed by atoms with Gasteiger partial charge in [-0.3, -0.25) is 4.79 Å². The Morgan fingerprint density at radius 1 is 1.00 bits per heavy atom. The summed E-state index contributed by atoms with van der Waals surface area (Å²) in [6.45, 7) is 5.27. The van der Waals surface area contributed by atoms with Gasteiger partial charge in [0, 0.05) is 11.3 Å². The number of ether oxygens (including phenoxy) is 1. The van der Waals surface area contributed by atoms with Crippen molar-refractivity contribution in [3.05, 3.63) is 54.1 Å². The molecule has 2 rings (SSSR count). The van der Waals surface area contributed by atoms with Crippen LogP contribution in [0.1, 0.15) is 31.1 Å². The maximum absolute atomic E-state index is 12.1. The molecule has 23 heavy (non-hydrogen) atoms. The quantitative estimate of drug-likeness (QED) is 0.808. The first-order chi connectivity index (χ1) is 11.0. The molecule has 0 spiro atoms. The number of hydrogen-bond donors (Lipinski definition) is 2. The van der Waals surface area contributed by atoms with E-state index in [1.54, 1.807) is 30.3 Å². The van der Waals surface area contributed by atoms with Crippen molar-refractivity contribution in [2.75, 3.05) is 10.6 Å². The van der Waals surface area contributed by atoms with E-state index in [0.29, 0.717) is 22.7 Å². The number of ketones is 1. The van der Waals surface area contributed by atoms with Crippen LogP contribution in [0.3, 0.4) is 0 Å². The summed E-state index contributed by atoms with van der Waals surface area (Å²) in [6.07, 6.45) is -0.0455. The SMILES string of the molecule is CC(=O)c1ccc(OC(C)C)c(NC(=O)Nc2ccccc2)c1. The van der Waals surface area contributed by atoms with Crippen LogP contribution in [0.4, 0.5) is 16.2 Å². The Labute approximate surface area is 135 Å². The Kier molecular flexibility index (Phi) is 5.36. The maximum atomic E-state index is 12.1. The van der Waals surface area contributed by atoms with Crippen LogP contribution >= 0.6 is 0 Å². The van der Waals surface area contributed by atoms with Crippen molar-refractivity contribution >= 4 is 23.2 Å². The van der Waals surface area contributed by atoms with E-state index in [4.69, 9.17) is 4.74 Å². The average Bonchev–Trinajstić information content (AvgIpc) is 2.49. The molecule has 0 aliphatic heterocycles. The molecule has 0 atom stereocenters. The predicted molar refractivity (Wildman–Crippen MR) is 91.3 cm³/mol. The lowest BCUT2D eigenvalue weighted by Gasteiger charge is -2.16. The van der Waals surface area contributed by atoms with Crippen molar-refractivity contribution in [3.63, 3.8) is 0 Å². The molecule has 0 aromatic heterocycles. The van der Waals surface area contributed by atoms with E-state index in [9.17, 15) is 9.59 Å².